The number of nitrogens with zero attached hydrogens (tertiary/aromatic N) is 2. The molecule has 10 heteroatoms. The molecule has 0 fully saturated rings. The van der Waals surface area contributed by atoms with E-state index < -0.39 is 28.5 Å². The van der Waals surface area contributed by atoms with E-state index in [-0.39, 0.29) is 34.7 Å². The van der Waals surface area contributed by atoms with E-state index in [1.54, 1.807) is 24.3 Å². The molecular weight excluding hydrogens is 495 g/mol. The zero-order valence-corrected chi connectivity index (χ0v) is 19.5. The molecule has 4 aromatic carbocycles. The maximum Gasteiger partial charge on any atom is 0.338 e. The first-order chi connectivity index (χ1) is 18.3. The van der Waals surface area contributed by atoms with Gasteiger partial charge in [0.15, 0.2) is 0 Å². The van der Waals surface area contributed by atoms with Crippen LogP contribution in [0.25, 0.3) is 0 Å². The molecule has 38 heavy (non-hydrogen) atoms. The molecule has 1 aliphatic rings. The average molecular weight is 512 g/mol. The summed E-state index contributed by atoms with van der Waals surface area (Å²) in [5.41, 5.74) is 1.05. The van der Waals surface area contributed by atoms with Crippen molar-refractivity contribution < 1.29 is 33.2 Å². The molecule has 0 atom stereocenters. The second-order valence-corrected chi connectivity index (χ2v) is 8.26. The molecule has 0 spiro atoms. The lowest BCUT2D eigenvalue weighted by atomic mass is 10.1. The summed E-state index contributed by atoms with van der Waals surface area (Å²) in [6.07, 6.45) is 0. The monoisotopic (exact) mass is 512 g/mol. The number of nitro benzene ring substituents is 1. The standard InChI is InChI=1S/C28H17FN2O7/c29-19-5-7-20(8-6-19)30-26(32)24-13-4-18(15-25(24)27(30)33)28(34)37-16-17-2-1-3-23(14-17)38-22-11-9-21(10-12-22)31(35)36/h1-15H,16H2. The number of imide groups is 1. The van der Waals surface area contributed by atoms with E-state index >= 15 is 0 Å². The molecule has 0 aromatic heterocycles. The minimum atomic E-state index is -0.699. The molecule has 0 unspecified atom stereocenters. The smallest absolute Gasteiger partial charge is 0.338 e. The van der Waals surface area contributed by atoms with Crippen molar-refractivity contribution in [2.45, 2.75) is 6.61 Å². The Morgan fingerprint density at radius 1 is 0.842 bits per heavy atom. The number of esters is 1. The average Bonchev–Trinajstić information content (AvgIpc) is 3.17. The number of nitro groups is 1. The van der Waals surface area contributed by atoms with E-state index in [1.807, 2.05) is 0 Å². The first-order valence-corrected chi connectivity index (χ1v) is 11.3. The van der Waals surface area contributed by atoms with E-state index in [0.29, 0.717) is 17.1 Å². The van der Waals surface area contributed by atoms with Crippen molar-refractivity contribution in [2.75, 3.05) is 4.90 Å². The Kier molecular flexibility index (Phi) is 6.36. The summed E-state index contributed by atoms with van der Waals surface area (Å²) in [6, 6.07) is 21.4. The van der Waals surface area contributed by atoms with E-state index in [4.69, 9.17) is 9.47 Å². The van der Waals surface area contributed by atoms with Crippen LogP contribution < -0.4 is 9.64 Å². The van der Waals surface area contributed by atoms with Crippen molar-refractivity contribution >= 4 is 29.2 Å². The number of benzene rings is 4. The van der Waals surface area contributed by atoms with Gasteiger partial charge in [-0.05, 0) is 72.3 Å². The van der Waals surface area contributed by atoms with Gasteiger partial charge in [0, 0.05) is 12.1 Å². The molecule has 4 aromatic rings. The topological polar surface area (TPSA) is 116 Å². The fraction of sp³-hybridized carbons (Fsp3) is 0.0357. The van der Waals surface area contributed by atoms with Gasteiger partial charge in [0.1, 0.15) is 23.9 Å². The number of anilines is 1. The van der Waals surface area contributed by atoms with E-state index in [1.165, 1.54) is 54.6 Å². The van der Waals surface area contributed by atoms with Gasteiger partial charge in [-0.1, -0.05) is 12.1 Å². The van der Waals surface area contributed by atoms with Crippen molar-refractivity contribution in [3.8, 4) is 11.5 Å². The van der Waals surface area contributed by atoms with Crippen molar-refractivity contribution in [3.05, 3.63) is 129 Å². The fourth-order valence-electron chi connectivity index (χ4n) is 3.90. The van der Waals surface area contributed by atoms with Crippen LogP contribution in [0, 0.1) is 15.9 Å². The molecule has 188 valence electrons. The number of fused-ring (bicyclic) bond motifs is 1. The van der Waals surface area contributed by atoms with E-state index in [0.717, 1.165) is 17.0 Å². The van der Waals surface area contributed by atoms with Gasteiger partial charge in [0.25, 0.3) is 17.5 Å². The van der Waals surface area contributed by atoms with Gasteiger partial charge in [-0.3, -0.25) is 19.7 Å². The lowest BCUT2D eigenvalue weighted by Crippen LogP contribution is -2.29. The third-order valence-corrected chi connectivity index (χ3v) is 5.76. The highest BCUT2D eigenvalue weighted by Gasteiger charge is 2.37. The van der Waals surface area contributed by atoms with Crippen LogP contribution in [0.4, 0.5) is 15.8 Å². The van der Waals surface area contributed by atoms with E-state index in [9.17, 15) is 28.9 Å². The van der Waals surface area contributed by atoms with Gasteiger partial charge in [0.05, 0.1) is 27.3 Å². The number of carbonyl (C=O) groups is 3. The van der Waals surface area contributed by atoms with Crippen LogP contribution in [-0.2, 0) is 11.3 Å². The highest BCUT2D eigenvalue weighted by Crippen LogP contribution is 2.30. The summed E-state index contributed by atoms with van der Waals surface area (Å²) in [5, 5.41) is 10.8. The second kappa shape index (κ2) is 9.94. The first kappa shape index (κ1) is 24.3. The summed E-state index contributed by atoms with van der Waals surface area (Å²) >= 11 is 0. The molecule has 0 aliphatic carbocycles. The van der Waals surface area contributed by atoms with Crippen molar-refractivity contribution in [3.63, 3.8) is 0 Å². The number of carbonyl (C=O) groups excluding carboxylic acids is 3. The second-order valence-electron chi connectivity index (χ2n) is 8.26. The van der Waals surface area contributed by atoms with Crippen LogP contribution in [0.2, 0.25) is 0 Å². The third kappa shape index (κ3) is 4.82. The van der Waals surface area contributed by atoms with Crippen LogP contribution >= 0.6 is 0 Å². The van der Waals surface area contributed by atoms with Gasteiger partial charge < -0.3 is 9.47 Å². The Labute approximate surface area is 214 Å². The van der Waals surface area contributed by atoms with Gasteiger partial charge in [-0.2, -0.15) is 0 Å². The number of halogens is 1. The van der Waals surface area contributed by atoms with Crippen molar-refractivity contribution in [1.29, 1.82) is 0 Å². The van der Waals surface area contributed by atoms with Crippen LogP contribution in [0.15, 0.2) is 91.0 Å². The number of amides is 2. The summed E-state index contributed by atoms with van der Waals surface area (Å²) in [4.78, 5) is 49.6. The molecule has 0 radical (unpaired) electrons. The Bertz CT molecular complexity index is 1580. The molecule has 1 heterocycles. The molecule has 2 amide bonds. The van der Waals surface area contributed by atoms with Crippen LogP contribution in [-0.4, -0.2) is 22.7 Å². The van der Waals surface area contributed by atoms with E-state index in [2.05, 4.69) is 0 Å². The van der Waals surface area contributed by atoms with Gasteiger partial charge >= 0.3 is 5.97 Å². The molecular formula is C28H17FN2O7. The molecule has 0 bridgehead atoms. The number of hydrogen-bond acceptors (Lipinski definition) is 7. The maximum atomic E-state index is 13.3. The Morgan fingerprint density at radius 3 is 2.26 bits per heavy atom. The lowest BCUT2D eigenvalue weighted by Gasteiger charge is -2.13. The molecule has 0 saturated carbocycles. The molecule has 5 rings (SSSR count). The predicted molar refractivity (Wildman–Crippen MR) is 133 cm³/mol. The minimum absolute atomic E-state index is 0.0484. The van der Waals surface area contributed by atoms with Gasteiger partial charge in [-0.25, -0.2) is 14.1 Å². The third-order valence-electron chi connectivity index (χ3n) is 5.76. The molecule has 9 nitrogen and oxygen atoms in total. The highest BCUT2D eigenvalue weighted by atomic mass is 19.1. The van der Waals surface area contributed by atoms with Crippen LogP contribution in [0.3, 0.4) is 0 Å². The Balaban J connectivity index is 1.26. The molecule has 0 N–H and O–H groups in total. The lowest BCUT2D eigenvalue weighted by molar-refractivity contribution is -0.384. The Hall–Kier alpha value is -5.38. The minimum Gasteiger partial charge on any atom is -0.457 e. The first-order valence-electron chi connectivity index (χ1n) is 11.3. The largest absolute Gasteiger partial charge is 0.457 e. The zero-order chi connectivity index (χ0) is 26.8. The summed E-state index contributed by atoms with van der Waals surface area (Å²) < 4.78 is 24.4. The Morgan fingerprint density at radius 2 is 1.55 bits per heavy atom. The van der Waals surface area contributed by atoms with Crippen LogP contribution in [0.5, 0.6) is 11.5 Å². The molecule has 1 aliphatic heterocycles. The fourth-order valence-corrected chi connectivity index (χ4v) is 3.90. The zero-order valence-electron chi connectivity index (χ0n) is 19.5. The van der Waals surface area contributed by atoms with Crippen molar-refractivity contribution in [1.82, 2.24) is 0 Å². The summed E-state index contributed by atoms with van der Waals surface area (Å²) in [6.45, 7) is -0.0953. The maximum absolute atomic E-state index is 13.3. The normalized spacial score (nSPS) is 12.3. The quantitative estimate of drug-likeness (QED) is 0.135. The number of non-ortho nitro benzene ring substituents is 1. The summed E-state index contributed by atoms with van der Waals surface area (Å²) in [5.74, 6) is -1.55. The molecule has 0 saturated heterocycles. The van der Waals surface area contributed by atoms with Gasteiger partial charge in [0.2, 0.25) is 0 Å². The highest BCUT2D eigenvalue weighted by molar-refractivity contribution is 6.34. The summed E-state index contributed by atoms with van der Waals surface area (Å²) in [7, 11) is 0. The number of hydrogen-bond donors (Lipinski definition) is 0. The van der Waals surface area contributed by atoms with Crippen molar-refractivity contribution in [2.24, 2.45) is 0 Å². The predicted octanol–water partition coefficient (Wildman–Crippen LogP) is 5.68. The van der Waals surface area contributed by atoms with Gasteiger partial charge in [-0.15, -0.1) is 0 Å². The van der Waals surface area contributed by atoms with Crippen LogP contribution in [0.1, 0.15) is 36.6 Å². The SMILES string of the molecule is O=C(OCc1cccc(Oc2ccc([N+](=O)[O-])cc2)c1)c1ccc2c(c1)C(=O)N(c1ccc(F)cc1)C2=O. The number of rotatable bonds is 7. The number of ether oxygens (including phenoxy) is 2.